The van der Waals surface area contributed by atoms with Crippen molar-refractivity contribution in [1.29, 1.82) is 0 Å². The summed E-state index contributed by atoms with van der Waals surface area (Å²) in [7, 11) is -0.529. The van der Waals surface area contributed by atoms with Crippen LogP contribution in [0.2, 0.25) is 5.15 Å². The first kappa shape index (κ1) is 51.6. The van der Waals surface area contributed by atoms with Gasteiger partial charge in [0.1, 0.15) is 16.8 Å². The van der Waals surface area contributed by atoms with Gasteiger partial charge in [0, 0.05) is 107 Å². The molecule has 2 amide bonds. The molecule has 2 saturated carbocycles. The van der Waals surface area contributed by atoms with Crippen LogP contribution in [0.1, 0.15) is 108 Å². The number of nitrogens with one attached hydrogen (secondary N) is 4. The van der Waals surface area contributed by atoms with Gasteiger partial charge in [0.25, 0.3) is 11.8 Å². The van der Waals surface area contributed by atoms with Gasteiger partial charge in [-0.25, -0.2) is 32.5 Å². The van der Waals surface area contributed by atoms with Crippen LogP contribution in [0.15, 0.2) is 97.6 Å². The van der Waals surface area contributed by atoms with E-state index in [1.807, 2.05) is 52.2 Å². The van der Waals surface area contributed by atoms with Gasteiger partial charge in [-0.2, -0.15) is 0 Å². The number of hydrogen-bond acceptors (Lipinski definition) is 10. The van der Waals surface area contributed by atoms with Crippen molar-refractivity contribution in [3.63, 3.8) is 0 Å². The normalized spacial score (nSPS) is 18.3. The van der Waals surface area contributed by atoms with Crippen molar-refractivity contribution in [2.24, 2.45) is 0 Å². The molecule has 0 bridgehead atoms. The highest BCUT2D eigenvalue weighted by Crippen LogP contribution is 2.48. The molecule has 9 heterocycles. The third-order valence-corrected chi connectivity index (χ3v) is 16.8. The number of nitrogens with zero attached hydrogens (tertiary/aromatic N) is 4. The minimum atomic E-state index is -0.794. The van der Waals surface area contributed by atoms with Gasteiger partial charge < -0.3 is 39.4 Å². The number of carbonyl (C=O) groups excluding carboxylic acids is 2. The van der Waals surface area contributed by atoms with E-state index >= 15 is 0 Å². The number of H-pyrrole nitrogens is 2. The third kappa shape index (κ3) is 9.57. The minimum absolute atomic E-state index is 0.0379. The van der Waals surface area contributed by atoms with Crippen molar-refractivity contribution in [1.82, 2.24) is 40.5 Å². The molecular formula is C60H52BClF4N8O6. The van der Waals surface area contributed by atoms with Crippen LogP contribution in [0.4, 0.5) is 17.6 Å². The second-order valence-corrected chi connectivity index (χ2v) is 23.0. The summed E-state index contributed by atoms with van der Waals surface area (Å²) in [5.41, 5.74) is 14.0. The van der Waals surface area contributed by atoms with Crippen LogP contribution >= 0.6 is 11.6 Å². The molecular weight excluding hydrogens is 1050 g/mol. The highest BCUT2D eigenvalue weighted by molar-refractivity contribution is 6.62. The monoisotopic (exact) mass is 1100 g/mol. The van der Waals surface area contributed by atoms with Crippen LogP contribution in [0.3, 0.4) is 0 Å². The molecule has 0 radical (unpaired) electrons. The van der Waals surface area contributed by atoms with Crippen LogP contribution in [0.25, 0.3) is 33.8 Å². The summed E-state index contributed by atoms with van der Waals surface area (Å²) in [5.74, 6) is -2.58. The maximum Gasteiger partial charge on any atom is 0.496 e. The largest absolute Gasteiger partial charge is 0.496 e. The number of aromatic nitrogens is 6. The van der Waals surface area contributed by atoms with Crippen LogP contribution < -0.4 is 25.6 Å². The highest BCUT2D eigenvalue weighted by atomic mass is 35.5. The standard InChI is InChI=1S/C27H20F2N4O2.C17H18BF2NO3.C16H14ClN3O/c28-16-3-5-22(19(29)9-16)35-23-6-2-15(13-31-23)20-10-18-14(12-30-20)1-4-17-24-21(32-25(17)18)11-27(7-8-27)33-26(24)34;1-16(2)17(3,4)24-18(23-16)11-5-8-15(21-10-11)22-14-7-6-12(19)9-13(14)20;17-12-5-10-8(7-18-12)1-2-9-13-11(19-14(9)10)6-16(3-4-16)20-15(13)21/h2-3,5-6,9-10,12-13,32H,1,4,7-8,11H2,(H,33,34);5-10H,1-4H3;5,7,19H,1-4,6H2,(H,20,21). The van der Waals surface area contributed by atoms with Crippen molar-refractivity contribution in [2.75, 3.05) is 0 Å². The molecule has 3 aliphatic heterocycles. The molecule has 4 aliphatic carbocycles. The smallest absolute Gasteiger partial charge is 0.436 e. The molecule has 3 fully saturated rings. The number of benzene rings is 2. The molecule has 80 heavy (non-hydrogen) atoms. The van der Waals surface area contributed by atoms with Crippen LogP contribution in [-0.4, -0.2) is 71.1 Å². The van der Waals surface area contributed by atoms with E-state index in [1.165, 1.54) is 17.7 Å². The summed E-state index contributed by atoms with van der Waals surface area (Å²) in [4.78, 5) is 49.6. The number of rotatable bonds is 6. The lowest BCUT2D eigenvalue weighted by Crippen LogP contribution is -2.43. The first-order valence-corrected chi connectivity index (χ1v) is 27.0. The third-order valence-electron chi connectivity index (χ3n) is 16.6. The number of pyridine rings is 4. The Hall–Kier alpha value is -7.87. The average Bonchev–Trinajstić information content (AvgIpc) is 4.44. The summed E-state index contributed by atoms with van der Waals surface area (Å²) in [6, 6.07) is 16.9. The minimum Gasteiger partial charge on any atom is -0.436 e. The zero-order chi connectivity index (χ0) is 55.5. The van der Waals surface area contributed by atoms with E-state index in [9.17, 15) is 27.2 Å². The number of carbonyl (C=O) groups is 2. The van der Waals surface area contributed by atoms with Crippen molar-refractivity contribution >= 4 is 36.0 Å². The Morgan fingerprint density at radius 3 is 1.55 bits per heavy atom. The zero-order valence-corrected chi connectivity index (χ0v) is 44.8. The molecule has 0 unspecified atom stereocenters. The van der Waals surface area contributed by atoms with E-state index in [0.717, 1.165) is 167 Å². The van der Waals surface area contributed by atoms with Gasteiger partial charge in [-0.15, -0.1) is 0 Å². The van der Waals surface area contributed by atoms with Crippen molar-refractivity contribution in [3.05, 3.63) is 171 Å². The number of hydrogen-bond donors (Lipinski definition) is 4. The topological polar surface area (TPSA) is 178 Å². The molecule has 406 valence electrons. The van der Waals surface area contributed by atoms with E-state index in [2.05, 4.69) is 40.5 Å². The summed E-state index contributed by atoms with van der Waals surface area (Å²) in [6.07, 6.45) is 16.4. The molecule has 8 aromatic rings. The Labute approximate surface area is 462 Å². The van der Waals surface area contributed by atoms with E-state index < -0.39 is 41.6 Å². The number of fused-ring (bicyclic) bond motifs is 10. The van der Waals surface area contributed by atoms with Gasteiger partial charge in [-0.1, -0.05) is 17.7 Å². The van der Waals surface area contributed by atoms with E-state index in [1.54, 1.807) is 36.7 Å². The van der Waals surface area contributed by atoms with Crippen LogP contribution in [0.5, 0.6) is 23.3 Å². The van der Waals surface area contributed by atoms with Crippen molar-refractivity contribution < 1.29 is 45.9 Å². The summed E-state index contributed by atoms with van der Waals surface area (Å²) in [6.45, 7) is 7.87. The first-order valence-electron chi connectivity index (χ1n) is 26.6. The Morgan fingerprint density at radius 2 is 1.07 bits per heavy atom. The molecule has 1 saturated heterocycles. The molecule has 7 aliphatic rings. The number of amides is 2. The molecule has 4 N–H and O–H groups in total. The van der Waals surface area contributed by atoms with Gasteiger partial charge in [-0.05, 0) is 144 Å². The molecule has 6 aromatic heterocycles. The summed E-state index contributed by atoms with van der Waals surface area (Å²) in [5, 5.41) is 6.91. The molecule has 2 aromatic carbocycles. The first-order chi connectivity index (χ1) is 38.3. The second-order valence-electron chi connectivity index (χ2n) is 22.6. The molecule has 20 heteroatoms. The Morgan fingerprint density at radius 1 is 0.575 bits per heavy atom. The SMILES string of the molecule is CC1(C)OB(c2ccc(Oc3ccc(F)cc3F)nc2)OC1(C)C.O=C1NC2(CC2)Cc2[nH]c3c(c21)CCc1cnc(-c2ccc(Oc4ccc(F)cc4F)nc2)cc1-3.O=C1NC2(CC2)Cc2[nH]c3c(c21)CCc1cnc(Cl)cc1-3. The van der Waals surface area contributed by atoms with E-state index in [4.69, 9.17) is 30.4 Å². The highest BCUT2D eigenvalue weighted by Gasteiger charge is 2.53. The summed E-state index contributed by atoms with van der Waals surface area (Å²) < 4.78 is 76.2. The van der Waals surface area contributed by atoms with E-state index in [0.29, 0.717) is 5.15 Å². The van der Waals surface area contributed by atoms with Crippen LogP contribution in [-0.2, 0) is 47.8 Å². The summed E-state index contributed by atoms with van der Waals surface area (Å²) >= 11 is 6.05. The van der Waals surface area contributed by atoms with Crippen molar-refractivity contribution in [3.8, 4) is 57.0 Å². The van der Waals surface area contributed by atoms with Gasteiger partial charge in [-0.3, -0.25) is 14.6 Å². The predicted molar refractivity (Wildman–Crippen MR) is 290 cm³/mol. The lowest BCUT2D eigenvalue weighted by atomic mass is 9.80. The lowest BCUT2D eigenvalue weighted by molar-refractivity contribution is 0.00578. The van der Waals surface area contributed by atoms with Gasteiger partial charge in [0.2, 0.25) is 11.8 Å². The Bertz CT molecular complexity index is 3830. The number of aryl methyl sites for hydroxylation is 2. The molecule has 2 spiro atoms. The van der Waals surface area contributed by atoms with Gasteiger partial charge in [0.15, 0.2) is 23.1 Å². The Balaban J connectivity index is 0.000000118. The van der Waals surface area contributed by atoms with Crippen molar-refractivity contribution in [2.45, 2.75) is 114 Å². The fourth-order valence-corrected chi connectivity index (χ4v) is 11.4. The fraction of sp³-hybridized carbons (Fsp3) is 0.300. The fourth-order valence-electron chi connectivity index (χ4n) is 11.2. The van der Waals surface area contributed by atoms with Crippen LogP contribution in [0, 0.1) is 23.3 Å². The maximum atomic E-state index is 13.9. The predicted octanol–water partition coefficient (Wildman–Crippen LogP) is 11.2. The zero-order valence-electron chi connectivity index (χ0n) is 44.0. The lowest BCUT2D eigenvalue weighted by Gasteiger charge is -2.32. The second kappa shape index (κ2) is 19.2. The Kier molecular flexibility index (Phi) is 12.4. The van der Waals surface area contributed by atoms with Gasteiger partial charge >= 0.3 is 7.12 Å². The molecule has 0 atom stereocenters. The molecule has 14 nitrogen and oxygen atoms in total. The number of aromatic amines is 2. The van der Waals surface area contributed by atoms with Gasteiger partial charge in [0.05, 0.1) is 39.4 Å². The average molecular weight is 1100 g/mol. The maximum absolute atomic E-state index is 13.9. The van der Waals surface area contributed by atoms with E-state index in [-0.39, 0.29) is 46.2 Å². The quantitative estimate of drug-likeness (QED) is 0.0712. The molecule has 15 rings (SSSR count). The number of ether oxygens (including phenoxy) is 2. The number of halogens is 5.